The molecule has 5 rings (SSSR count). The molecule has 0 bridgehead atoms. The van der Waals surface area contributed by atoms with Crippen LogP contribution in [0, 0.1) is 0 Å². The van der Waals surface area contributed by atoms with Crippen LogP contribution in [0.3, 0.4) is 0 Å². The van der Waals surface area contributed by atoms with Gasteiger partial charge in [0.15, 0.2) is 11.5 Å². The molecule has 1 aromatic carbocycles. The topological polar surface area (TPSA) is 78.4 Å². The highest BCUT2D eigenvalue weighted by molar-refractivity contribution is 5.85. The van der Waals surface area contributed by atoms with Crippen molar-refractivity contribution in [3.63, 3.8) is 0 Å². The second-order valence-corrected chi connectivity index (χ2v) is 5.99. The van der Waals surface area contributed by atoms with Gasteiger partial charge in [-0.2, -0.15) is 4.98 Å². The molecule has 0 aliphatic carbocycles. The summed E-state index contributed by atoms with van der Waals surface area (Å²) in [6.45, 7) is 0.237. The van der Waals surface area contributed by atoms with Crippen LogP contribution in [0.5, 0.6) is 11.5 Å². The van der Waals surface area contributed by atoms with Crippen LogP contribution in [0.15, 0.2) is 66.1 Å². The van der Waals surface area contributed by atoms with Gasteiger partial charge in [-0.15, -0.1) is 12.4 Å². The molecular weight excluding hydrogens is 382 g/mol. The molecule has 9 heteroatoms. The maximum atomic E-state index is 5.50. The van der Waals surface area contributed by atoms with E-state index in [4.69, 9.17) is 18.9 Å². The minimum Gasteiger partial charge on any atom is -0.472 e. The van der Waals surface area contributed by atoms with Crippen molar-refractivity contribution in [1.82, 2.24) is 19.5 Å². The molecular formula is C19H16ClN5O3. The number of hydrogen-bond donors (Lipinski definition) is 0. The van der Waals surface area contributed by atoms with E-state index in [0.717, 1.165) is 28.4 Å². The first kappa shape index (κ1) is 17.9. The Hall–Kier alpha value is -3.52. The molecule has 3 aromatic heterocycles. The number of fused-ring (bicyclic) bond motifs is 1. The van der Waals surface area contributed by atoms with Gasteiger partial charge >= 0.3 is 0 Å². The molecule has 4 heterocycles. The van der Waals surface area contributed by atoms with Crippen LogP contribution in [-0.2, 0) is 0 Å². The molecule has 4 aromatic rings. The first-order chi connectivity index (χ1) is 13.3. The number of imidazole rings is 1. The minimum absolute atomic E-state index is 0. The van der Waals surface area contributed by atoms with Crippen LogP contribution >= 0.6 is 12.4 Å². The molecule has 0 saturated heterocycles. The number of ether oxygens (including phenoxy) is 2. The van der Waals surface area contributed by atoms with Gasteiger partial charge in [-0.3, -0.25) is 4.57 Å². The van der Waals surface area contributed by atoms with E-state index in [1.807, 2.05) is 36.2 Å². The molecule has 0 fully saturated rings. The number of benzene rings is 1. The van der Waals surface area contributed by atoms with Gasteiger partial charge in [0.25, 0.3) is 0 Å². The van der Waals surface area contributed by atoms with Crippen molar-refractivity contribution in [2.45, 2.75) is 0 Å². The summed E-state index contributed by atoms with van der Waals surface area (Å²) >= 11 is 0. The molecule has 0 N–H and O–H groups in total. The van der Waals surface area contributed by atoms with Crippen molar-refractivity contribution >= 4 is 23.9 Å². The highest BCUT2D eigenvalue weighted by Crippen LogP contribution is 2.38. The fourth-order valence-electron chi connectivity index (χ4n) is 2.96. The average molecular weight is 398 g/mol. The van der Waals surface area contributed by atoms with Crippen molar-refractivity contribution in [2.24, 2.45) is 0 Å². The van der Waals surface area contributed by atoms with Gasteiger partial charge < -0.3 is 18.8 Å². The van der Waals surface area contributed by atoms with Gasteiger partial charge in [-0.1, -0.05) is 0 Å². The van der Waals surface area contributed by atoms with E-state index in [0.29, 0.717) is 11.7 Å². The van der Waals surface area contributed by atoms with Gasteiger partial charge in [-0.05, 0) is 18.2 Å². The predicted octanol–water partition coefficient (Wildman–Crippen LogP) is 3.84. The van der Waals surface area contributed by atoms with Gasteiger partial charge in [0.1, 0.15) is 12.1 Å². The Labute approximate surface area is 166 Å². The fourth-order valence-corrected chi connectivity index (χ4v) is 2.96. The normalized spacial score (nSPS) is 11.9. The summed E-state index contributed by atoms with van der Waals surface area (Å²) in [4.78, 5) is 15.3. The van der Waals surface area contributed by atoms with Crippen molar-refractivity contribution in [2.75, 3.05) is 18.7 Å². The molecule has 0 unspecified atom stereocenters. The summed E-state index contributed by atoms with van der Waals surface area (Å²) in [6, 6.07) is 7.67. The third-order valence-corrected chi connectivity index (χ3v) is 4.38. The highest BCUT2D eigenvalue weighted by Gasteiger charge is 2.19. The van der Waals surface area contributed by atoms with Gasteiger partial charge in [0.2, 0.25) is 12.7 Å². The van der Waals surface area contributed by atoms with Crippen molar-refractivity contribution in [1.29, 1.82) is 0 Å². The fraction of sp³-hybridized carbons (Fsp3) is 0.105. The molecule has 1 aliphatic heterocycles. The quantitative estimate of drug-likeness (QED) is 0.517. The molecule has 0 spiro atoms. The van der Waals surface area contributed by atoms with E-state index in [9.17, 15) is 0 Å². The number of nitrogens with zero attached hydrogens (tertiary/aromatic N) is 5. The van der Waals surface area contributed by atoms with Gasteiger partial charge in [0, 0.05) is 48.5 Å². The van der Waals surface area contributed by atoms with Crippen LogP contribution < -0.4 is 14.4 Å². The SMILES string of the molecule is CN(c1ccc2c(c1)OCO2)c1nc(-n2ccnc2)ncc1-c1ccoc1.Cl. The third-order valence-electron chi connectivity index (χ3n) is 4.38. The minimum atomic E-state index is 0. The molecule has 28 heavy (non-hydrogen) atoms. The lowest BCUT2D eigenvalue weighted by Gasteiger charge is -2.21. The number of anilines is 2. The second kappa shape index (κ2) is 7.24. The third kappa shape index (κ3) is 3.03. The van der Waals surface area contributed by atoms with E-state index in [2.05, 4.69) is 9.97 Å². The summed E-state index contributed by atoms with van der Waals surface area (Å²) in [5.74, 6) is 2.72. The van der Waals surface area contributed by atoms with Crippen LogP contribution in [-0.4, -0.2) is 33.4 Å². The average Bonchev–Trinajstić information content (AvgIpc) is 3.48. The molecule has 1 aliphatic rings. The summed E-state index contributed by atoms with van der Waals surface area (Å²) in [6.07, 6.45) is 10.2. The summed E-state index contributed by atoms with van der Waals surface area (Å²) < 4.78 is 17.9. The highest BCUT2D eigenvalue weighted by atomic mass is 35.5. The number of hydrogen-bond acceptors (Lipinski definition) is 7. The Bertz CT molecular complexity index is 1080. The zero-order chi connectivity index (χ0) is 18.2. The van der Waals surface area contributed by atoms with Crippen LogP contribution in [0.1, 0.15) is 0 Å². The Morgan fingerprint density at radius 1 is 1.14 bits per heavy atom. The zero-order valence-corrected chi connectivity index (χ0v) is 15.7. The molecule has 0 amide bonds. The lowest BCUT2D eigenvalue weighted by atomic mass is 10.1. The van der Waals surface area contributed by atoms with Crippen LogP contribution in [0.2, 0.25) is 0 Å². The van der Waals surface area contributed by atoms with Gasteiger partial charge in [-0.25, -0.2) is 9.97 Å². The number of rotatable bonds is 4. The Morgan fingerprint density at radius 3 is 2.82 bits per heavy atom. The zero-order valence-electron chi connectivity index (χ0n) is 14.8. The van der Waals surface area contributed by atoms with Crippen LogP contribution in [0.4, 0.5) is 11.5 Å². The van der Waals surface area contributed by atoms with Crippen molar-refractivity contribution in [3.8, 4) is 28.6 Å². The van der Waals surface area contributed by atoms with E-state index < -0.39 is 0 Å². The first-order valence-electron chi connectivity index (χ1n) is 8.31. The summed E-state index contributed by atoms with van der Waals surface area (Å²) in [5.41, 5.74) is 2.67. The van der Waals surface area contributed by atoms with Crippen LogP contribution in [0.25, 0.3) is 17.1 Å². The smallest absolute Gasteiger partial charge is 0.236 e. The Balaban J connectivity index is 0.00000192. The predicted molar refractivity (Wildman–Crippen MR) is 105 cm³/mol. The van der Waals surface area contributed by atoms with Crippen molar-refractivity contribution in [3.05, 3.63) is 61.7 Å². The van der Waals surface area contributed by atoms with Gasteiger partial charge in [0.05, 0.1) is 12.5 Å². The van der Waals surface area contributed by atoms with E-state index in [1.165, 1.54) is 0 Å². The molecule has 0 radical (unpaired) electrons. The number of aromatic nitrogens is 4. The number of halogens is 1. The summed E-state index contributed by atoms with van der Waals surface area (Å²) in [5, 5.41) is 0. The monoisotopic (exact) mass is 397 g/mol. The van der Waals surface area contributed by atoms with Crippen molar-refractivity contribution < 1.29 is 13.9 Å². The maximum absolute atomic E-state index is 5.50. The Morgan fingerprint density at radius 2 is 2.04 bits per heavy atom. The largest absolute Gasteiger partial charge is 0.472 e. The van der Waals surface area contributed by atoms with E-state index in [-0.39, 0.29) is 19.2 Å². The molecule has 0 atom stereocenters. The lowest BCUT2D eigenvalue weighted by molar-refractivity contribution is 0.174. The molecule has 142 valence electrons. The Kier molecular flexibility index (Phi) is 4.62. The molecule has 0 saturated carbocycles. The lowest BCUT2D eigenvalue weighted by Crippen LogP contribution is -2.14. The molecule has 8 nitrogen and oxygen atoms in total. The summed E-state index contributed by atoms with van der Waals surface area (Å²) in [7, 11) is 1.95. The first-order valence-corrected chi connectivity index (χ1v) is 8.31. The van der Waals surface area contributed by atoms with E-state index >= 15 is 0 Å². The second-order valence-electron chi connectivity index (χ2n) is 5.99. The maximum Gasteiger partial charge on any atom is 0.236 e. The van der Waals surface area contributed by atoms with E-state index in [1.54, 1.807) is 42.0 Å². The number of furan rings is 1. The standard InChI is InChI=1S/C19H15N5O3.ClH/c1-23(14-2-3-16-17(8-14)27-12-26-16)18-15(13-4-7-25-10-13)9-21-19(22-18)24-6-5-20-11-24;/h2-11H,12H2,1H3;1H.